The van der Waals surface area contributed by atoms with Gasteiger partial charge in [-0.1, -0.05) is 278 Å². The SMILES string of the molecule is CC/C=C\C/C=C\C/C=C\C/C=C\C/C=C\CCCCCCCCCC(=O)OC(COC(=O)CCCCCCCCCCC)COC(=O)CCCCCCCCCCCCCC/C=C\C/C=C\C/C=C\C/C=C\CC. The van der Waals surface area contributed by atoms with Gasteiger partial charge in [0.15, 0.2) is 6.10 Å². The van der Waals surface area contributed by atoms with Gasteiger partial charge in [0.05, 0.1) is 0 Å². The normalized spacial score (nSPS) is 12.8. The van der Waals surface area contributed by atoms with E-state index in [9.17, 15) is 14.4 Å². The van der Waals surface area contributed by atoms with Crippen molar-refractivity contribution < 1.29 is 28.6 Å². The van der Waals surface area contributed by atoms with Gasteiger partial charge in [-0.05, 0) is 103 Å². The number of carbonyl (C=O) groups is 3. The third kappa shape index (κ3) is 60.8. The molecule has 0 amide bonds. The molecule has 6 nitrogen and oxygen atoms in total. The lowest BCUT2D eigenvalue weighted by molar-refractivity contribution is -0.167. The molecule has 0 saturated carbocycles. The van der Waals surface area contributed by atoms with E-state index in [4.69, 9.17) is 14.2 Å². The van der Waals surface area contributed by atoms with Crippen molar-refractivity contribution in [3.8, 4) is 0 Å². The van der Waals surface area contributed by atoms with Crippen molar-refractivity contribution in [2.45, 2.75) is 297 Å². The molecule has 0 aromatic heterocycles. The van der Waals surface area contributed by atoms with Crippen LogP contribution in [0.5, 0.6) is 0 Å². The Balaban J connectivity index is 4.25. The number of hydrogen-bond donors (Lipinski definition) is 0. The zero-order valence-electron chi connectivity index (χ0n) is 49.0. The highest BCUT2D eigenvalue weighted by Gasteiger charge is 2.19. The second kappa shape index (κ2) is 62.6. The van der Waals surface area contributed by atoms with Crippen LogP contribution in [0.1, 0.15) is 290 Å². The highest BCUT2D eigenvalue weighted by molar-refractivity contribution is 5.71. The Hall–Kier alpha value is -3.93. The van der Waals surface area contributed by atoms with E-state index < -0.39 is 6.10 Å². The van der Waals surface area contributed by atoms with E-state index in [1.54, 1.807) is 0 Å². The fourth-order valence-electron chi connectivity index (χ4n) is 8.64. The van der Waals surface area contributed by atoms with Gasteiger partial charge >= 0.3 is 17.9 Å². The monoisotopic (exact) mass is 1040 g/mol. The van der Waals surface area contributed by atoms with E-state index in [2.05, 4.69) is 130 Å². The van der Waals surface area contributed by atoms with Crippen LogP contribution in [-0.2, 0) is 28.6 Å². The molecule has 6 heteroatoms. The van der Waals surface area contributed by atoms with Crippen LogP contribution in [0.25, 0.3) is 0 Å². The van der Waals surface area contributed by atoms with Crippen LogP contribution in [0.15, 0.2) is 109 Å². The summed E-state index contributed by atoms with van der Waals surface area (Å²) in [7, 11) is 0. The van der Waals surface area contributed by atoms with Gasteiger partial charge in [0.25, 0.3) is 0 Å². The fraction of sp³-hybridized carbons (Fsp3) is 0.696. The molecule has 1 unspecified atom stereocenters. The summed E-state index contributed by atoms with van der Waals surface area (Å²) in [5, 5.41) is 0. The van der Waals surface area contributed by atoms with Crippen LogP contribution in [-0.4, -0.2) is 37.2 Å². The van der Waals surface area contributed by atoms with Gasteiger partial charge in [0.2, 0.25) is 0 Å². The molecule has 0 aromatic rings. The van der Waals surface area contributed by atoms with Crippen molar-refractivity contribution in [2.24, 2.45) is 0 Å². The van der Waals surface area contributed by atoms with Gasteiger partial charge in [-0.2, -0.15) is 0 Å². The van der Waals surface area contributed by atoms with E-state index in [1.807, 2.05) is 0 Å². The molecule has 1 atom stereocenters. The molecule has 0 N–H and O–H groups in total. The summed E-state index contributed by atoms with van der Waals surface area (Å²) in [4.78, 5) is 38.2. The van der Waals surface area contributed by atoms with Crippen molar-refractivity contribution in [1.29, 1.82) is 0 Å². The Morgan fingerprint density at radius 2 is 0.520 bits per heavy atom. The fourth-order valence-corrected chi connectivity index (χ4v) is 8.64. The van der Waals surface area contributed by atoms with Gasteiger partial charge in [-0.25, -0.2) is 0 Å². The van der Waals surface area contributed by atoms with Crippen molar-refractivity contribution in [1.82, 2.24) is 0 Å². The number of carbonyl (C=O) groups excluding carboxylic acids is 3. The Labute approximate surface area is 463 Å². The number of unbranched alkanes of at least 4 members (excludes halogenated alkanes) is 27. The summed E-state index contributed by atoms with van der Waals surface area (Å²) in [6.45, 7) is 6.40. The summed E-state index contributed by atoms with van der Waals surface area (Å²) >= 11 is 0. The van der Waals surface area contributed by atoms with Crippen molar-refractivity contribution in [2.75, 3.05) is 13.2 Å². The van der Waals surface area contributed by atoms with E-state index in [1.165, 1.54) is 128 Å². The summed E-state index contributed by atoms with van der Waals surface area (Å²) < 4.78 is 16.9. The smallest absolute Gasteiger partial charge is 0.306 e. The number of ether oxygens (including phenoxy) is 3. The largest absolute Gasteiger partial charge is 0.462 e. The molecule has 0 aliphatic heterocycles. The quantitative estimate of drug-likeness (QED) is 0.0261. The molecule has 0 aromatic carbocycles. The third-order valence-corrected chi connectivity index (χ3v) is 13.3. The molecule has 0 spiro atoms. The number of allylic oxidation sites excluding steroid dienone is 18. The van der Waals surface area contributed by atoms with Crippen molar-refractivity contribution >= 4 is 17.9 Å². The van der Waals surface area contributed by atoms with Crippen LogP contribution in [0, 0.1) is 0 Å². The number of rotatable bonds is 56. The molecule has 0 saturated heterocycles. The maximum Gasteiger partial charge on any atom is 0.306 e. The molecule has 428 valence electrons. The molecular formula is C69H116O6. The van der Waals surface area contributed by atoms with Gasteiger partial charge < -0.3 is 14.2 Å². The van der Waals surface area contributed by atoms with Crippen LogP contribution >= 0.6 is 0 Å². The first kappa shape index (κ1) is 71.1. The highest BCUT2D eigenvalue weighted by Crippen LogP contribution is 2.16. The molecule has 0 bridgehead atoms. The lowest BCUT2D eigenvalue weighted by Gasteiger charge is -2.18. The first-order valence-corrected chi connectivity index (χ1v) is 31.4. The second-order valence-corrected chi connectivity index (χ2v) is 20.6. The molecular weight excluding hydrogens is 925 g/mol. The van der Waals surface area contributed by atoms with E-state index >= 15 is 0 Å². The topological polar surface area (TPSA) is 78.9 Å². The molecule has 75 heavy (non-hydrogen) atoms. The molecule has 0 rings (SSSR count). The van der Waals surface area contributed by atoms with Gasteiger partial charge in [0.1, 0.15) is 13.2 Å². The predicted octanol–water partition coefficient (Wildman–Crippen LogP) is 21.4. The van der Waals surface area contributed by atoms with Crippen LogP contribution in [0.3, 0.4) is 0 Å². The highest BCUT2D eigenvalue weighted by atomic mass is 16.6. The predicted molar refractivity (Wildman–Crippen MR) is 325 cm³/mol. The minimum atomic E-state index is -0.785. The second-order valence-electron chi connectivity index (χ2n) is 20.6. The average molecular weight is 1040 g/mol. The lowest BCUT2D eigenvalue weighted by Crippen LogP contribution is -2.30. The standard InChI is InChI=1S/C69H116O6/c1-4-7-10-13-16-19-21-23-25-27-29-31-33-34-36-37-39-41-43-45-47-50-53-56-59-62-68(71)74-65-66(64-73-67(70)61-58-55-52-49-18-15-12-9-6-3)75-69(72)63-60-57-54-51-48-46-44-42-40-38-35-32-30-28-26-24-22-20-17-14-11-8-5-2/h7-8,10-11,16-17,19-20,23-26,29-32,38,40,66H,4-6,9,12-15,18,21-22,27-28,33-37,39,41-65H2,1-3H3/b10-7-,11-8-,19-16-,20-17-,25-23-,26-24-,31-29-,32-30-,40-38-. The maximum absolute atomic E-state index is 12.9. The average Bonchev–Trinajstić information content (AvgIpc) is 3.41. The molecule has 0 fully saturated rings. The zero-order chi connectivity index (χ0) is 54.3. The van der Waals surface area contributed by atoms with Gasteiger partial charge in [-0.15, -0.1) is 0 Å². The molecule has 0 aliphatic rings. The van der Waals surface area contributed by atoms with Gasteiger partial charge in [-0.3, -0.25) is 14.4 Å². The summed E-state index contributed by atoms with van der Waals surface area (Å²) in [5.74, 6) is -0.891. The summed E-state index contributed by atoms with van der Waals surface area (Å²) in [6.07, 6.45) is 85.3. The minimum Gasteiger partial charge on any atom is -0.462 e. The minimum absolute atomic E-state index is 0.0818. The Bertz CT molecular complexity index is 1520. The van der Waals surface area contributed by atoms with Crippen molar-refractivity contribution in [3.63, 3.8) is 0 Å². The number of hydrogen-bond acceptors (Lipinski definition) is 6. The first-order valence-electron chi connectivity index (χ1n) is 31.4. The van der Waals surface area contributed by atoms with E-state index in [-0.39, 0.29) is 31.1 Å². The molecule has 0 radical (unpaired) electrons. The maximum atomic E-state index is 12.9. The Morgan fingerprint density at radius 1 is 0.280 bits per heavy atom. The summed E-state index contributed by atoms with van der Waals surface area (Å²) in [5.41, 5.74) is 0. The molecule has 0 heterocycles. The Morgan fingerprint density at radius 3 is 0.813 bits per heavy atom. The van der Waals surface area contributed by atoms with Crippen LogP contribution < -0.4 is 0 Å². The first-order chi connectivity index (χ1) is 37.0. The van der Waals surface area contributed by atoms with Crippen molar-refractivity contribution in [3.05, 3.63) is 109 Å². The third-order valence-electron chi connectivity index (χ3n) is 13.3. The molecule has 0 aliphatic carbocycles. The van der Waals surface area contributed by atoms with Crippen LogP contribution in [0.4, 0.5) is 0 Å². The zero-order valence-corrected chi connectivity index (χ0v) is 49.0. The number of esters is 3. The Kier molecular flexibility index (Phi) is 59.3. The van der Waals surface area contributed by atoms with E-state index in [0.717, 1.165) is 122 Å². The lowest BCUT2D eigenvalue weighted by atomic mass is 10.0. The van der Waals surface area contributed by atoms with Gasteiger partial charge in [0, 0.05) is 19.3 Å². The van der Waals surface area contributed by atoms with E-state index in [0.29, 0.717) is 19.3 Å². The van der Waals surface area contributed by atoms with Crippen LogP contribution in [0.2, 0.25) is 0 Å². The summed E-state index contributed by atoms with van der Waals surface area (Å²) in [6, 6.07) is 0.